The quantitative estimate of drug-likeness (QED) is 0.803. The maximum Gasteiger partial charge on any atom is 0.227 e. The van der Waals surface area contributed by atoms with Gasteiger partial charge in [0.1, 0.15) is 17.0 Å². The number of hydrogen-bond donors (Lipinski definition) is 2. The highest BCUT2D eigenvalue weighted by Gasteiger charge is 2.14. The van der Waals surface area contributed by atoms with Gasteiger partial charge in [0.05, 0.1) is 0 Å². The van der Waals surface area contributed by atoms with E-state index in [0.29, 0.717) is 23.8 Å². The highest BCUT2D eigenvalue weighted by Crippen LogP contribution is 2.22. The molecule has 16 heavy (non-hydrogen) atoms. The average molecular weight is 221 g/mol. The summed E-state index contributed by atoms with van der Waals surface area (Å²) in [5.41, 5.74) is 7.66. The lowest BCUT2D eigenvalue weighted by Crippen LogP contribution is -2.25. The number of anilines is 1. The summed E-state index contributed by atoms with van der Waals surface area (Å²) in [6, 6.07) is 0.128. The van der Waals surface area contributed by atoms with E-state index in [-0.39, 0.29) is 6.04 Å². The molecular weight excluding hydrogens is 206 g/mol. The molecule has 0 amide bonds. The van der Waals surface area contributed by atoms with Gasteiger partial charge in [-0.3, -0.25) is 0 Å². The molecular formula is C10H15N5O. The Kier molecular flexibility index (Phi) is 2.74. The van der Waals surface area contributed by atoms with Crippen LogP contribution in [-0.4, -0.2) is 27.7 Å². The van der Waals surface area contributed by atoms with Crippen LogP contribution in [0.15, 0.2) is 4.52 Å². The number of hydrogen-bond acceptors (Lipinski definition) is 6. The van der Waals surface area contributed by atoms with Crippen molar-refractivity contribution in [3.8, 4) is 0 Å². The first-order chi connectivity index (χ1) is 7.61. The largest absolute Gasteiger partial charge is 0.363 e. The summed E-state index contributed by atoms with van der Waals surface area (Å²) in [4.78, 5) is 8.58. The average Bonchev–Trinajstić information content (AvgIpc) is 2.60. The minimum Gasteiger partial charge on any atom is -0.363 e. The van der Waals surface area contributed by atoms with Crippen LogP contribution in [0.4, 0.5) is 5.82 Å². The lowest BCUT2D eigenvalue weighted by molar-refractivity contribution is 0.450. The second-order valence-electron chi connectivity index (χ2n) is 3.85. The molecule has 0 saturated carbocycles. The summed E-state index contributed by atoms with van der Waals surface area (Å²) >= 11 is 0. The Morgan fingerprint density at radius 2 is 2.12 bits per heavy atom. The summed E-state index contributed by atoms with van der Waals surface area (Å²) in [7, 11) is 0. The molecule has 0 aliphatic heterocycles. The predicted molar refractivity (Wildman–Crippen MR) is 61.2 cm³/mol. The van der Waals surface area contributed by atoms with E-state index >= 15 is 0 Å². The third kappa shape index (κ3) is 1.83. The molecule has 86 valence electrons. The lowest BCUT2D eigenvalue weighted by Gasteiger charge is -2.11. The summed E-state index contributed by atoms with van der Waals surface area (Å²) in [6.07, 6.45) is 0. The Balaban J connectivity index is 2.51. The van der Waals surface area contributed by atoms with Crippen LogP contribution in [0.3, 0.4) is 0 Å². The number of aromatic nitrogens is 3. The zero-order valence-electron chi connectivity index (χ0n) is 9.61. The maximum atomic E-state index is 5.56. The Hall–Kier alpha value is -1.69. The zero-order valence-corrected chi connectivity index (χ0v) is 9.61. The fraction of sp³-hybridized carbons (Fsp3) is 0.500. The van der Waals surface area contributed by atoms with Crippen molar-refractivity contribution in [3.63, 3.8) is 0 Å². The van der Waals surface area contributed by atoms with Gasteiger partial charge in [-0.15, -0.1) is 0 Å². The van der Waals surface area contributed by atoms with E-state index in [9.17, 15) is 0 Å². The summed E-state index contributed by atoms with van der Waals surface area (Å²) in [6.45, 7) is 6.20. The molecule has 2 rings (SSSR count). The smallest absolute Gasteiger partial charge is 0.227 e. The van der Waals surface area contributed by atoms with Gasteiger partial charge in [0.25, 0.3) is 0 Å². The van der Waals surface area contributed by atoms with E-state index in [1.165, 1.54) is 0 Å². The number of fused-ring (bicyclic) bond motifs is 1. The van der Waals surface area contributed by atoms with E-state index < -0.39 is 0 Å². The fourth-order valence-corrected chi connectivity index (χ4v) is 1.44. The molecule has 0 radical (unpaired) electrons. The van der Waals surface area contributed by atoms with Crippen molar-refractivity contribution < 1.29 is 4.52 Å². The van der Waals surface area contributed by atoms with E-state index in [0.717, 1.165) is 11.2 Å². The molecule has 0 bridgehead atoms. The normalized spacial score (nSPS) is 13.0. The van der Waals surface area contributed by atoms with Gasteiger partial charge < -0.3 is 15.6 Å². The summed E-state index contributed by atoms with van der Waals surface area (Å²) in [5.74, 6) is 1.34. The van der Waals surface area contributed by atoms with Crippen molar-refractivity contribution >= 4 is 16.9 Å². The molecule has 0 aliphatic rings. The zero-order chi connectivity index (χ0) is 11.7. The number of aryl methyl sites for hydroxylation is 2. The Labute approximate surface area is 93.2 Å². The van der Waals surface area contributed by atoms with Crippen LogP contribution >= 0.6 is 0 Å². The van der Waals surface area contributed by atoms with Gasteiger partial charge in [0.2, 0.25) is 5.58 Å². The number of nitrogens with one attached hydrogen (secondary N) is 1. The third-order valence-electron chi connectivity index (χ3n) is 2.33. The predicted octanol–water partition coefficient (Wildman–Crippen LogP) is 0.994. The highest BCUT2D eigenvalue weighted by molar-refractivity contribution is 5.84. The molecule has 1 atom stereocenters. The van der Waals surface area contributed by atoms with Crippen LogP contribution in [-0.2, 0) is 0 Å². The molecule has 1 unspecified atom stereocenters. The number of rotatable bonds is 3. The molecule has 2 heterocycles. The lowest BCUT2D eigenvalue weighted by atomic mass is 10.3. The fourth-order valence-electron chi connectivity index (χ4n) is 1.44. The molecule has 2 aromatic rings. The molecule has 0 saturated heterocycles. The molecule has 3 N–H and O–H groups in total. The third-order valence-corrected chi connectivity index (χ3v) is 2.33. The summed E-state index contributed by atoms with van der Waals surface area (Å²) < 4.78 is 5.20. The first kappa shape index (κ1) is 10.8. The van der Waals surface area contributed by atoms with Crippen LogP contribution in [0.2, 0.25) is 0 Å². The second-order valence-corrected chi connectivity index (χ2v) is 3.85. The molecule has 0 aromatic carbocycles. The van der Waals surface area contributed by atoms with Crippen LogP contribution in [0, 0.1) is 13.8 Å². The summed E-state index contributed by atoms with van der Waals surface area (Å²) in [5, 5.41) is 7.06. The van der Waals surface area contributed by atoms with E-state index in [1.54, 1.807) is 0 Å². The Morgan fingerprint density at radius 1 is 1.38 bits per heavy atom. The van der Waals surface area contributed by atoms with E-state index in [2.05, 4.69) is 20.4 Å². The Bertz CT molecular complexity index is 507. The number of nitrogens with zero attached hydrogens (tertiary/aromatic N) is 3. The van der Waals surface area contributed by atoms with Crippen molar-refractivity contribution in [3.05, 3.63) is 11.5 Å². The van der Waals surface area contributed by atoms with Gasteiger partial charge in [-0.2, -0.15) is 0 Å². The molecule has 2 aromatic heterocycles. The Morgan fingerprint density at radius 3 is 2.81 bits per heavy atom. The maximum absolute atomic E-state index is 5.56. The SMILES string of the molecule is Cc1nc(NC(C)CN)c2onc(C)c2n1. The molecule has 6 heteroatoms. The van der Waals surface area contributed by atoms with Crippen LogP contribution in [0.5, 0.6) is 0 Å². The van der Waals surface area contributed by atoms with Gasteiger partial charge in [0.15, 0.2) is 5.82 Å². The second kappa shape index (κ2) is 4.05. The first-order valence-corrected chi connectivity index (χ1v) is 5.19. The van der Waals surface area contributed by atoms with Gasteiger partial charge in [-0.05, 0) is 20.8 Å². The van der Waals surface area contributed by atoms with Crippen molar-refractivity contribution in [1.29, 1.82) is 0 Å². The van der Waals surface area contributed by atoms with Crippen molar-refractivity contribution in [2.75, 3.05) is 11.9 Å². The minimum atomic E-state index is 0.128. The van der Waals surface area contributed by atoms with Crippen molar-refractivity contribution in [2.45, 2.75) is 26.8 Å². The monoisotopic (exact) mass is 221 g/mol. The van der Waals surface area contributed by atoms with Gasteiger partial charge in [-0.1, -0.05) is 5.16 Å². The molecule has 0 fully saturated rings. The molecule has 0 spiro atoms. The number of nitrogens with two attached hydrogens (primary N) is 1. The van der Waals surface area contributed by atoms with Gasteiger partial charge in [0, 0.05) is 12.6 Å². The standard InChI is InChI=1S/C10H15N5O/c1-5(4-11)12-10-9-8(6(2)15-16-9)13-7(3)14-10/h5H,4,11H2,1-3H3,(H,12,13,14). The van der Waals surface area contributed by atoms with Gasteiger partial charge in [-0.25, -0.2) is 9.97 Å². The highest BCUT2D eigenvalue weighted by atomic mass is 16.5. The van der Waals surface area contributed by atoms with Crippen molar-refractivity contribution in [2.24, 2.45) is 5.73 Å². The van der Waals surface area contributed by atoms with Crippen LogP contribution < -0.4 is 11.1 Å². The first-order valence-electron chi connectivity index (χ1n) is 5.19. The molecule has 6 nitrogen and oxygen atoms in total. The van der Waals surface area contributed by atoms with E-state index in [1.807, 2.05) is 20.8 Å². The molecule has 0 aliphatic carbocycles. The van der Waals surface area contributed by atoms with Crippen LogP contribution in [0.1, 0.15) is 18.4 Å². The van der Waals surface area contributed by atoms with Gasteiger partial charge >= 0.3 is 0 Å². The van der Waals surface area contributed by atoms with Crippen molar-refractivity contribution in [1.82, 2.24) is 15.1 Å². The van der Waals surface area contributed by atoms with E-state index in [4.69, 9.17) is 10.3 Å². The van der Waals surface area contributed by atoms with Crippen LogP contribution in [0.25, 0.3) is 11.1 Å². The topological polar surface area (TPSA) is 89.9 Å². The minimum absolute atomic E-state index is 0.128.